The predicted molar refractivity (Wildman–Crippen MR) is 168 cm³/mol. The van der Waals surface area contributed by atoms with Crippen molar-refractivity contribution in [2.24, 2.45) is 5.10 Å². The van der Waals surface area contributed by atoms with Gasteiger partial charge in [-0.1, -0.05) is 60.3 Å². The van der Waals surface area contributed by atoms with Gasteiger partial charge >= 0.3 is 0 Å². The van der Waals surface area contributed by atoms with Gasteiger partial charge in [-0.15, -0.1) is 21.5 Å². The number of carbonyl (C=O) groups excluding carboxylic acids is 2. The van der Waals surface area contributed by atoms with Crippen LogP contribution in [0, 0.1) is 5.82 Å². The second-order valence-electron chi connectivity index (χ2n) is 9.78. The van der Waals surface area contributed by atoms with Gasteiger partial charge < -0.3 is 10.1 Å². The van der Waals surface area contributed by atoms with Crippen LogP contribution in [0.5, 0.6) is 5.75 Å². The smallest absolute Gasteiger partial charge is 0.254 e. The number of benzene rings is 3. The summed E-state index contributed by atoms with van der Waals surface area (Å²) in [6, 6.07) is 26.6. The summed E-state index contributed by atoms with van der Waals surface area (Å²) in [5.41, 5.74) is 2.52. The molecule has 222 valence electrons. The second kappa shape index (κ2) is 13.2. The van der Waals surface area contributed by atoms with Crippen molar-refractivity contribution in [3.8, 4) is 11.4 Å². The summed E-state index contributed by atoms with van der Waals surface area (Å²) in [6.45, 7) is 0.00367. The van der Waals surface area contributed by atoms with Crippen LogP contribution < -0.4 is 10.1 Å². The first-order valence-electron chi connectivity index (χ1n) is 13.7. The Morgan fingerprint density at radius 1 is 1.00 bits per heavy atom. The minimum atomic E-state index is -0.607. The molecular weight excluding hydrogens is 600 g/mol. The third kappa shape index (κ3) is 6.26. The van der Waals surface area contributed by atoms with Crippen molar-refractivity contribution in [2.45, 2.75) is 24.2 Å². The van der Waals surface area contributed by atoms with Gasteiger partial charge in [0.15, 0.2) is 11.0 Å². The molecule has 0 aliphatic carbocycles. The number of thiophene rings is 1. The molecule has 3 aromatic carbocycles. The van der Waals surface area contributed by atoms with Crippen LogP contribution in [-0.2, 0) is 11.3 Å². The molecule has 1 aliphatic rings. The van der Waals surface area contributed by atoms with Crippen molar-refractivity contribution in [2.75, 3.05) is 12.9 Å². The highest BCUT2D eigenvalue weighted by atomic mass is 32.2. The van der Waals surface area contributed by atoms with E-state index < -0.39 is 11.7 Å². The number of nitrogens with one attached hydrogen (secondary N) is 1. The number of nitrogens with zero attached hydrogens (tertiary/aromatic N) is 5. The van der Waals surface area contributed by atoms with Gasteiger partial charge in [-0.3, -0.25) is 14.2 Å². The van der Waals surface area contributed by atoms with Crippen molar-refractivity contribution < 1.29 is 18.7 Å². The van der Waals surface area contributed by atoms with Crippen LogP contribution in [0.15, 0.2) is 107 Å². The summed E-state index contributed by atoms with van der Waals surface area (Å²) in [6.07, 6.45) is 0.593. The number of halogens is 1. The first-order valence-corrected chi connectivity index (χ1v) is 15.6. The van der Waals surface area contributed by atoms with Crippen molar-refractivity contribution >= 4 is 40.6 Å². The van der Waals surface area contributed by atoms with E-state index in [4.69, 9.17) is 9.84 Å². The van der Waals surface area contributed by atoms with Gasteiger partial charge in [0.2, 0.25) is 0 Å². The maximum absolute atomic E-state index is 14.1. The lowest BCUT2D eigenvalue weighted by Gasteiger charge is -2.22. The Morgan fingerprint density at radius 3 is 2.50 bits per heavy atom. The fraction of sp³-hybridized carbons (Fsp3) is 0.156. The van der Waals surface area contributed by atoms with Crippen LogP contribution in [0.4, 0.5) is 4.39 Å². The highest BCUT2D eigenvalue weighted by Crippen LogP contribution is 2.35. The van der Waals surface area contributed by atoms with E-state index >= 15 is 0 Å². The SMILES string of the molecule is COc1ccc([C@H]2CC(c3cccs3)=NN2C(=O)CSc2nnc(CNC(=O)c3ccccc3F)n2-c2ccccc2)cc1. The van der Waals surface area contributed by atoms with Gasteiger partial charge in [-0.05, 0) is 53.4 Å². The minimum absolute atomic E-state index is 0.00367. The molecule has 0 bridgehead atoms. The zero-order chi connectivity index (χ0) is 30.5. The van der Waals surface area contributed by atoms with E-state index in [0.29, 0.717) is 17.4 Å². The number of thioether (sulfide) groups is 1. The van der Waals surface area contributed by atoms with E-state index in [0.717, 1.165) is 27.6 Å². The van der Waals surface area contributed by atoms with Crippen molar-refractivity contribution in [1.82, 2.24) is 25.1 Å². The molecule has 44 heavy (non-hydrogen) atoms. The number of amides is 2. The lowest BCUT2D eigenvalue weighted by Crippen LogP contribution is -2.28. The number of rotatable bonds is 10. The lowest BCUT2D eigenvalue weighted by molar-refractivity contribution is -0.130. The van der Waals surface area contributed by atoms with Gasteiger partial charge in [0.05, 0.1) is 41.6 Å². The monoisotopic (exact) mass is 626 g/mol. The van der Waals surface area contributed by atoms with E-state index in [2.05, 4.69) is 15.5 Å². The molecule has 5 aromatic rings. The van der Waals surface area contributed by atoms with Crippen LogP contribution >= 0.6 is 23.1 Å². The van der Waals surface area contributed by atoms with Crippen molar-refractivity contribution in [3.63, 3.8) is 0 Å². The summed E-state index contributed by atoms with van der Waals surface area (Å²) in [5.74, 6) is -0.121. The Hall–Kier alpha value is -4.81. The summed E-state index contributed by atoms with van der Waals surface area (Å²) < 4.78 is 21.2. The fourth-order valence-electron chi connectivity index (χ4n) is 4.85. The molecule has 0 radical (unpaired) electrons. The predicted octanol–water partition coefficient (Wildman–Crippen LogP) is 5.88. The number of hydrogen-bond acceptors (Lipinski definition) is 8. The normalized spacial score (nSPS) is 14.4. The average molecular weight is 627 g/mol. The molecule has 0 saturated carbocycles. The summed E-state index contributed by atoms with van der Waals surface area (Å²) in [5, 5.41) is 20.2. The number of aromatic nitrogens is 3. The third-order valence-electron chi connectivity index (χ3n) is 7.04. The first-order chi connectivity index (χ1) is 21.5. The van der Waals surface area contributed by atoms with Crippen LogP contribution in [0.2, 0.25) is 0 Å². The van der Waals surface area contributed by atoms with Gasteiger partial charge in [-0.2, -0.15) is 5.10 Å². The number of hydrogen-bond donors (Lipinski definition) is 1. The van der Waals surface area contributed by atoms with Crippen LogP contribution in [-0.4, -0.2) is 50.2 Å². The second-order valence-corrected chi connectivity index (χ2v) is 11.7. The minimum Gasteiger partial charge on any atom is -0.497 e. The maximum atomic E-state index is 14.1. The fourth-order valence-corrected chi connectivity index (χ4v) is 6.40. The molecule has 2 aromatic heterocycles. The Kier molecular flexibility index (Phi) is 8.80. The maximum Gasteiger partial charge on any atom is 0.254 e. The van der Waals surface area contributed by atoms with E-state index in [1.807, 2.05) is 72.1 Å². The molecule has 0 fully saturated rings. The average Bonchev–Trinajstić information content (AvgIpc) is 3.83. The van der Waals surface area contributed by atoms with Crippen molar-refractivity contribution in [1.29, 1.82) is 0 Å². The topological polar surface area (TPSA) is 102 Å². The number of hydrazone groups is 1. The molecule has 2 amide bonds. The highest BCUT2D eigenvalue weighted by Gasteiger charge is 2.33. The van der Waals surface area contributed by atoms with E-state index in [1.165, 1.54) is 30.0 Å². The highest BCUT2D eigenvalue weighted by molar-refractivity contribution is 7.99. The molecule has 9 nitrogen and oxygen atoms in total. The molecule has 3 heterocycles. The molecule has 1 N–H and O–H groups in total. The molecule has 12 heteroatoms. The Bertz CT molecular complexity index is 1790. The first kappa shape index (κ1) is 29.3. The zero-order valence-electron chi connectivity index (χ0n) is 23.6. The molecule has 1 aliphatic heterocycles. The van der Waals surface area contributed by atoms with Crippen LogP contribution in [0.3, 0.4) is 0 Å². The van der Waals surface area contributed by atoms with Crippen molar-refractivity contribution in [3.05, 3.63) is 124 Å². The largest absolute Gasteiger partial charge is 0.497 e. The number of ether oxygens (including phenoxy) is 1. The quantitative estimate of drug-likeness (QED) is 0.195. The van der Waals surface area contributed by atoms with E-state index in [1.54, 1.807) is 34.1 Å². The summed E-state index contributed by atoms with van der Waals surface area (Å²) >= 11 is 2.82. The number of para-hydroxylation sites is 1. The molecule has 0 unspecified atom stereocenters. The third-order valence-corrected chi connectivity index (χ3v) is 8.87. The number of methoxy groups -OCH3 is 1. The summed E-state index contributed by atoms with van der Waals surface area (Å²) in [7, 11) is 1.62. The molecular formula is C32H27FN6O3S2. The van der Waals surface area contributed by atoms with Gasteiger partial charge in [0.1, 0.15) is 11.6 Å². The van der Waals surface area contributed by atoms with Gasteiger partial charge in [0.25, 0.3) is 11.8 Å². The van der Waals surface area contributed by atoms with Gasteiger partial charge in [0, 0.05) is 12.1 Å². The standard InChI is InChI=1S/C32H27FN6O3S2/c1-42-23-15-13-21(14-16-23)27-18-26(28-12-7-17-43-28)37-39(27)30(40)20-44-32-36-35-29(38(32)22-8-3-2-4-9-22)19-34-31(41)24-10-5-6-11-25(24)33/h2-17,27H,18-20H2,1H3,(H,34,41)/t27-/m1/s1. The lowest BCUT2D eigenvalue weighted by atomic mass is 10.0. The molecule has 0 saturated heterocycles. The Morgan fingerprint density at radius 2 is 1.77 bits per heavy atom. The van der Waals surface area contributed by atoms with Crippen LogP contribution in [0.25, 0.3) is 5.69 Å². The zero-order valence-corrected chi connectivity index (χ0v) is 25.2. The molecule has 1 atom stereocenters. The Labute approximate surface area is 261 Å². The Balaban J connectivity index is 1.22. The molecule has 0 spiro atoms. The molecule has 6 rings (SSSR count). The van der Waals surface area contributed by atoms with E-state index in [-0.39, 0.29) is 29.8 Å². The van der Waals surface area contributed by atoms with Crippen LogP contribution in [0.1, 0.15) is 39.1 Å². The van der Waals surface area contributed by atoms with Gasteiger partial charge in [-0.25, -0.2) is 9.40 Å². The number of carbonyl (C=O) groups is 2. The summed E-state index contributed by atoms with van der Waals surface area (Å²) in [4.78, 5) is 27.4. The van der Waals surface area contributed by atoms with E-state index in [9.17, 15) is 14.0 Å².